The Hall–Kier alpha value is -3.92. The van der Waals surface area contributed by atoms with Gasteiger partial charge in [0.25, 0.3) is 0 Å². The second kappa shape index (κ2) is 11.1. The van der Waals surface area contributed by atoms with Crippen molar-refractivity contribution in [2.24, 2.45) is 0 Å². The molecule has 1 unspecified atom stereocenters. The number of rotatable bonds is 7. The molecule has 9 nitrogen and oxygen atoms in total. The van der Waals surface area contributed by atoms with Crippen molar-refractivity contribution in [3.8, 4) is 17.0 Å². The summed E-state index contributed by atoms with van der Waals surface area (Å²) in [6.45, 7) is 10.3. The Bertz CT molecular complexity index is 1510. The molecule has 0 spiro atoms. The molecule has 0 aliphatic heterocycles. The number of ether oxygens (including phenoxy) is 3. The van der Waals surface area contributed by atoms with Crippen molar-refractivity contribution >= 4 is 44.5 Å². The van der Waals surface area contributed by atoms with Gasteiger partial charge in [0, 0.05) is 18.2 Å². The number of amides is 1. The number of para-hydroxylation sites is 1. The first-order valence-corrected chi connectivity index (χ1v) is 13.5. The highest BCUT2D eigenvalue weighted by Crippen LogP contribution is 2.30. The summed E-state index contributed by atoms with van der Waals surface area (Å²) in [7, 11) is 0. The Kier molecular flexibility index (Phi) is 7.96. The normalized spacial score (nSPS) is 12.8. The first-order chi connectivity index (χ1) is 18.3. The average Bonchev–Trinajstić information content (AvgIpc) is 3.38. The predicted molar refractivity (Wildman–Crippen MR) is 150 cm³/mol. The molecule has 1 amide bonds. The molecule has 0 saturated heterocycles. The summed E-state index contributed by atoms with van der Waals surface area (Å²) in [4.78, 5) is 43.3. The lowest BCUT2D eigenvalue weighted by Gasteiger charge is -2.26. The third kappa shape index (κ3) is 7.57. The van der Waals surface area contributed by atoms with Crippen LogP contribution in [0.3, 0.4) is 0 Å². The van der Waals surface area contributed by atoms with Crippen molar-refractivity contribution in [1.29, 1.82) is 0 Å². The van der Waals surface area contributed by atoms with Gasteiger partial charge in [-0.3, -0.25) is 9.20 Å². The van der Waals surface area contributed by atoms with Gasteiger partial charge in [-0.2, -0.15) is 0 Å². The van der Waals surface area contributed by atoms with Gasteiger partial charge >= 0.3 is 18.0 Å². The van der Waals surface area contributed by atoms with Crippen molar-refractivity contribution in [2.45, 2.75) is 71.6 Å². The Labute approximate surface area is 231 Å². The highest BCUT2D eigenvalue weighted by Gasteiger charge is 2.29. The number of thiazole rings is 1. The van der Waals surface area contributed by atoms with E-state index in [4.69, 9.17) is 19.2 Å². The van der Waals surface area contributed by atoms with Crippen LogP contribution < -0.4 is 10.1 Å². The van der Waals surface area contributed by atoms with Gasteiger partial charge < -0.3 is 19.5 Å². The fourth-order valence-corrected chi connectivity index (χ4v) is 4.83. The number of carbonyl (C=O) groups excluding carboxylic acids is 3. The van der Waals surface area contributed by atoms with Gasteiger partial charge in [0.05, 0.1) is 15.9 Å². The smallest absolute Gasteiger partial charge is 0.408 e. The van der Waals surface area contributed by atoms with E-state index in [0.29, 0.717) is 5.75 Å². The number of carbonyl (C=O) groups is 3. The molecule has 0 aliphatic carbocycles. The maximum Gasteiger partial charge on any atom is 0.408 e. The minimum Gasteiger partial charge on any atom is -0.458 e. The highest BCUT2D eigenvalue weighted by molar-refractivity contribution is 7.23. The van der Waals surface area contributed by atoms with Crippen LogP contribution in [0.5, 0.6) is 5.75 Å². The molecule has 0 fully saturated rings. The Morgan fingerprint density at radius 2 is 1.69 bits per heavy atom. The first kappa shape index (κ1) is 28.1. The van der Waals surface area contributed by atoms with E-state index in [2.05, 4.69) is 11.4 Å². The van der Waals surface area contributed by atoms with E-state index in [-0.39, 0.29) is 12.8 Å². The molecule has 0 aliphatic rings. The van der Waals surface area contributed by atoms with E-state index in [9.17, 15) is 14.4 Å². The molecule has 4 aromatic rings. The van der Waals surface area contributed by atoms with Gasteiger partial charge in [-0.1, -0.05) is 35.6 Å². The largest absolute Gasteiger partial charge is 0.458 e. The number of aromatic nitrogens is 2. The van der Waals surface area contributed by atoms with Gasteiger partial charge in [-0.25, -0.2) is 14.6 Å². The summed E-state index contributed by atoms with van der Waals surface area (Å²) in [5, 5.41) is 2.52. The summed E-state index contributed by atoms with van der Waals surface area (Å²) >= 11 is 1.60. The van der Waals surface area contributed by atoms with Crippen LogP contribution in [0.2, 0.25) is 0 Å². The third-order valence-electron chi connectivity index (χ3n) is 5.38. The molecular formula is C29H33N3O6S. The van der Waals surface area contributed by atoms with Crippen molar-refractivity contribution in [3.63, 3.8) is 0 Å². The summed E-state index contributed by atoms with van der Waals surface area (Å²) in [5.41, 5.74) is 1.14. The van der Waals surface area contributed by atoms with Crippen LogP contribution in [0.4, 0.5) is 4.79 Å². The van der Waals surface area contributed by atoms with Gasteiger partial charge in [0.2, 0.25) is 0 Å². The van der Waals surface area contributed by atoms with E-state index < -0.39 is 35.3 Å². The molecule has 10 heteroatoms. The van der Waals surface area contributed by atoms with Crippen LogP contribution in [0, 0.1) is 0 Å². The third-order valence-corrected chi connectivity index (χ3v) is 6.42. The monoisotopic (exact) mass is 551 g/mol. The fraction of sp³-hybridized carbons (Fsp3) is 0.379. The number of esters is 2. The topological polar surface area (TPSA) is 108 Å². The van der Waals surface area contributed by atoms with Crippen molar-refractivity contribution in [2.75, 3.05) is 0 Å². The van der Waals surface area contributed by atoms with Crippen LogP contribution >= 0.6 is 11.3 Å². The zero-order valence-electron chi connectivity index (χ0n) is 22.9. The number of imidazole rings is 1. The van der Waals surface area contributed by atoms with Crippen molar-refractivity contribution in [3.05, 3.63) is 54.7 Å². The zero-order valence-corrected chi connectivity index (χ0v) is 23.8. The molecular weight excluding hydrogens is 518 g/mol. The van der Waals surface area contributed by atoms with Crippen LogP contribution in [-0.4, -0.2) is 44.7 Å². The lowest BCUT2D eigenvalue weighted by molar-refractivity contribution is -0.157. The number of nitrogens with one attached hydrogen (secondary N) is 1. The number of nitrogens with zero attached hydrogens (tertiary/aromatic N) is 2. The van der Waals surface area contributed by atoms with E-state index >= 15 is 0 Å². The van der Waals surface area contributed by atoms with E-state index in [1.54, 1.807) is 71.1 Å². The summed E-state index contributed by atoms with van der Waals surface area (Å²) in [6, 6.07) is 14.1. The van der Waals surface area contributed by atoms with Crippen LogP contribution in [0.1, 0.15) is 54.4 Å². The molecule has 206 valence electrons. The average molecular weight is 552 g/mol. The summed E-state index contributed by atoms with van der Waals surface area (Å²) in [5.74, 6) is -0.855. The van der Waals surface area contributed by atoms with Gasteiger partial charge in [-0.05, 0) is 72.2 Å². The van der Waals surface area contributed by atoms with Crippen molar-refractivity contribution in [1.82, 2.24) is 14.7 Å². The lowest BCUT2D eigenvalue weighted by Crippen LogP contribution is -2.46. The lowest BCUT2D eigenvalue weighted by atomic mass is 10.1. The SMILES string of the molecule is CC(C)(C)OC(=O)NC(CCC(=O)Oc1cccc(-c2cn3c(n2)sc2ccccc23)c1)C(=O)OC(C)(C)C. The molecule has 0 radical (unpaired) electrons. The Morgan fingerprint density at radius 3 is 2.41 bits per heavy atom. The molecule has 2 aromatic heterocycles. The Morgan fingerprint density at radius 1 is 0.974 bits per heavy atom. The van der Waals surface area contributed by atoms with E-state index in [1.807, 2.05) is 34.9 Å². The van der Waals surface area contributed by atoms with Gasteiger partial charge in [0.1, 0.15) is 23.0 Å². The van der Waals surface area contributed by atoms with Crippen LogP contribution in [-0.2, 0) is 19.1 Å². The van der Waals surface area contributed by atoms with E-state index in [0.717, 1.165) is 26.4 Å². The number of alkyl carbamates (subject to hydrolysis) is 1. The second-order valence-electron chi connectivity index (χ2n) is 11.1. The standard InChI is InChI=1S/C29H33N3O6S/c1-28(2,3)37-25(34)20(31-27(35)38-29(4,5)6)14-15-24(33)36-19-11-9-10-18(16-19)21-17-32-22-12-7-8-13-23(22)39-26(32)30-21/h7-13,16-17,20H,14-15H2,1-6H3,(H,31,35). The van der Waals surface area contributed by atoms with Crippen LogP contribution in [0.15, 0.2) is 54.7 Å². The molecule has 0 bridgehead atoms. The number of fused-ring (bicyclic) bond motifs is 3. The number of hydrogen-bond acceptors (Lipinski definition) is 8. The molecule has 1 N–H and O–H groups in total. The van der Waals surface area contributed by atoms with Gasteiger partial charge in [0.15, 0.2) is 4.96 Å². The van der Waals surface area contributed by atoms with Crippen molar-refractivity contribution < 1.29 is 28.6 Å². The maximum atomic E-state index is 12.7. The molecule has 2 aromatic carbocycles. The zero-order chi connectivity index (χ0) is 28.4. The molecule has 1 atom stereocenters. The molecule has 0 saturated carbocycles. The quantitative estimate of drug-likeness (QED) is 0.217. The molecule has 4 rings (SSSR count). The van der Waals surface area contributed by atoms with E-state index in [1.165, 1.54) is 0 Å². The summed E-state index contributed by atoms with van der Waals surface area (Å²) in [6.07, 6.45) is 1.04. The Balaban J connectivity index is 1.42. The molecule has 2 heterocycles. The molecule has 39 heavy (non-hydrogen) atoms. The van der Waals surface area contributed by atoms with Gasteiger partial charge in [-0.15, -0.1) is 0 Å². The minimum absolute atomic E-state index is 0.0168. The second-order valence-corrected chi connectivity index (χ2v) is 12.1. The first-order valence-electron chi connectivity index (χ1n) is 12.7. The highest BCUT2D eigenvalue weighted by atomic mass is 32.1. The number of benzene rings is 2. The number of hydrogen-bond donors (Lipinski definition) is 1. The fourth-order valence-electron chi connectivity index (χ4n) is 3.82. The van der Waals surface area contributed by atoms with Crippen LogP contribution in [0.25, 0.3) is 26.4 Å². The minimum atomic E-state index is -1.08. The maximum absolute atomic E-state index is 12.7. The summed E-state index contributed by atoms with van der Waals surface area (Å²) < 4.78 is 19.4. The predicted octanol–water partition coefficient (Wildman–Crippen LogP) is 6.14.